The van der Waals surface area contributed by atoms with E-state index in [0.29, 0.717) is 36.6 Å². The van der Waals surface area contributed by atoms with Gasteiger partial charge in [0.25, 0.3) is 11.5 Å². The molecule has 26 heavy (non-hydrogen) atoms. The molecule has 4 rings (SSSR count). The number of aromatic nitrogens is 1. The molecular formula is C20H20N2O4. The standard InChI is InChI=1S/C20H20N2O4/c1-12-16-5-4-15(25-3)9-17(16)26-19(12)20(24)22-7-6-13-8-18(23)21(2)10-14(13)11-22/h4-5,8-10H,6-7,11H2,1-3H3. The van der Waals surface area contributed by atoms with Gasteiger partial charge in [0.1, 0.15) is 11.3 Å². The fraction of sp³-hybridized carbons (Fsp3) is 0.300. The number of amides is 1. The van der Waals surface area contributed by atoms with E-state index < -0.39 is 0 Å². The number of pyridine rings is 1. The number of methoxy groups -OCH3 is 1. The second-order valence-electron chi connectivity index (χ2n) is 6.67. The molecule has 3 aromatic rings. The maximum Gasteiger partial charge on any atom is 0.290 e. The summed E-state index contributed by atoms with van der Waals surface area (Å²) in [5.41, 5.74) is 3.47. The van der Waals surface area contributed by atoms with Crippen molar-refractivity contribution in [2.45, 2.75) is 19.9 Å². The zero-order chi connectivity index (χ0) is 18.4. The molecular weight excluding hydrogens is 332 g/mol. The zero-order valence-electron chi connectivity index (χ0n) is 15.0. The van der Waals surface area contributed by atoms with Crippen LogP contribution in [0.1, 0.15) is 27.2 Å². The second kappa shape index (κ2) is 6.05. The Morgan fingerprint density at radius 1 is 1.23 bits per heavy atom. The topological polar surface area (TPSA) is 64.7 Å². The molecule has 6 nitrogen and oxygen atoms in total. The van der Waals surface area contributed by atoms with Crippen molar-refractivity contribution in [1.29, 1.82) is 0 Å². The van der Waals surface area contributed by atoms with Crippen molar-refractivity contribution >= 4 is 16.9 Å². The van der Waals surface area contributed by atoms with Crippen LogP contribution in [0.15, 0.2) is 39.7 Å². The van der Waals surface area contributed by atoms with Gasteiger partial charge < -0.3 is 18.6 Å². The van der Waals surface area contributed by atoms with Gasteiger partial charge in [-0.3, -0.25) is 9.59 Å². The second-order valence-corrected chi connectivity index (χ2v) is 6.67. The van der Waals surface area contributed by atoms with Crippen LogP contribution < -0.4 is 10.3 Å². The highest BCUT2D eigenvalue weighted by Crippen LogP contribution is 2.30. The molecule has 2 aromatic heterocycles. The summed E-state index contributed by atoms with van der Waals surface area (Å²) in [5.74, 6) is 0.928. The molecule has 0 N–H and O–H groups in total. The van der Waals surface area contributed by atoms with Gasteiger partial charge in [-0.25, -0.2) is 0 Å². The Morgan fingerprint density at radius 3 is 2.81 bits per heavy atom. The fourth-order valence-electron chi connectivity index (χ4n) is 3.49. The normalized spacial score (nSPS) is 13.7. The lowest BCUT2D eigenvalue weighted by Crippen LogP contribution is -2.37. The molecule has 0 fully saturated rings. The van der Waals surface area contributed by atoms with E-state index in [1.807, 2.05) is 25.3 Å². The van der Waals surface area contributed by atoms with Crippen LogP contribution in [0, 0.1) is 6.92 Å². The minimum Gasteiger partial charge on any atom is -0.497 e. The number of carbonyl (C=O) groups is 1. The van der Waals surface area contributed by atoms with E-state index in [9.17, 15) is 9.59 Å². The molecule has 0 atom stereocenters. The maximum atomic E-state index is 13.0. The molecule has 0 radical (unpaired) electrons. The first-order chi connectivity index (χ1) is 12.5. The molecule has 0 bridgehead atoms. The Hall–Kier alpha value is -3.02. The third-order valence-corrected chi connectivity index (χ3v) is 5.05. The highest BCUT2D eigenvalue weighted by molar-refractivity contribution is 5.99. The molecule has 0 spiro atoms. The molecule has 1 aromatic carbocycles. The van der Waals surface area contributed by atoms with Crippen LogP contribution in [0.2, 0.25) is 0 Å². The largest absolute Gasteiger partial charge is 0.497 e. The Morgan fingerprint density at radius 2 is 2.04 bits per heavy atom. The molecule has 1 amide bonds. The summed E-state index contributed by atoms with van der Waals surface area (Å²) in [6.45, 7) is 2.94. The van der Waals surface area contributed by atoms with Gasteiger partial charge in [0.05, 0.1) is 7.11 Å². The van der Waals surface area contributed by atoms with Crippen LogP contribution in [-0.2, 0) is 20.0 Å². The smallest absolute Gasteiger partial charge is 0.290 e. The van der Waals surface area contributed by atoms with Crippen molar-refractivity contribution in [1.82, 2.24) is 9.47 Å². The summed E-state index contributed by atoms with van der Waals surface area (Å²) in [6.07, 6.45) is 2.48. The Kier molecular flexibility index (Phi) is 3.83. The summed E-state index contributed by atoms with van der Waals surface area (Å²) < 4.78 is 12.6. The number of nitrogens with zero attached hydrogens (tertiary/aromatic N) is 2. The lowest BCUT2D eigenvalue weighted by atomic mass is 10.0. The van der Waals surface area contributed by atoms with Crippen molar-refractivity contribution in [2.75, 3.05) is 13.7 Å². The third kappa shape index (κ3) is 2.58. The van der Waals surface area contributed by atoms with E-state index in [0.717, 1.165) is 22.1 Å². The van der Waals surface area contributed by atoms with Crippen LogP contribution >= 0.6 is 0 Å². The molecule has 1 aliphatic heterocycles. The van der Waals surface area contributed by atoms with E-state index in [4.69, 9.17) is 9.15 Å². The van der Waals surface area contributed by atoms with Gasteiger partial charge in [-0.1, -0.05) is 0 Å². The van der Waals surface area contributed by atoms with Gasteiger partial charge in [0, 0.05) is 49.4 Å². The quantitative estimate of drug-likeness (QED) is 0.711. The van der Waals surface area contributed by atoms with E-state index in [1.165, 1.54) is 0 Å². The average molecular weight is 352 g/mol. The summed E-state index contributed by atoms with van der Waals surface area (Å²) in [4.78, 5) is 26.6. The average Bonchev–Trinajstić information content (AvgIpc) is 2.97. The number of hydrogen-bond donors (Lipinski definition) is 0. The number of fused-ring (bicyclic) bond motifs is 2. The summed E-state index contributed by atoms with van der Waals surface area (Å²) in [6, 6.07) is 7.22. The molecule has 0 unspecified atom stereocenters. The van der Waals surface area contributed by atoms with E-state index in [-0.39, 0.29) is 11.5 Å². The van der Waals surface area contributed by atoms with Gasteiger partial charge in [-0.2, -0.15) is 0 Å². The zero-order valence-corrected chi connectivity index (χ0v) is 15.0. The van der Waals surface area contributed by atoms with Crippen LogP contribution in [-0.4, -0.2) is 29.0 Å². The number of benzene rings is 1. The monoisotopic (exact) mass is 352 g/mol. The highest BCUT2D eigenvalue weighted by Gasteiger charge is 2.27. The predicted molar refractivity (Wildman–Crippen MR) is 97.6 cm³/mol. The van der Waals surface area contributed by atoms with Crippen molar-refractivity contribution in [3.05, 3.63) is 63.3 Å². The van der Waals surface area contributed by atoms with Gasteiger partial charge in [0.15, 0.2) is 5.76 Å². The molecule has 1 aliphatic rings. The Balaban J connectivity index is 1.68. The Labute approximate surface area is 150 Å². The first-order valence-electron chi connectivity index (χ1n) is 8.53. The van der Waals surface area contributed by atoms with E-state index >= 15 is 0 Å². The van der Waals surface area contributed by atoms with Gasteiger partial charge >= 0.3 is 0 Å². The first kappa shape index (κ1) is 16.4. The SMILES string of the molecule is COc1ccc2c(C)c(C(=O)N3CCc4cc(=O)n(C)cc4C3)oc2c1. The van der Waals surface area contributed by atoms with Crippen LogP contribution in [0.25, 0.3) is 11.0 Å². The number of ether oxygens (including phenoxy) is 1. The lowest BCUT2D eigenvalue weighted by molar-refractivity contribution is 0.0703. The predicted octanol–water partition coefficient (Wildman–Crippen LogP) is 2.65. The van der Waals surface area contributed by atoms with Crippen LogP contribution in [0.5, 0.6) is 5.75 Å². The maximum absolute atomic E-state index is 13.0. The van der Waals surface area contributed by atoms with Gasteiger partial charge in [-0.15, -0.1) is 0 Å². The number of furan rings is 1. The van der Waals surface area contributed by atoms with Crippen molar-refractivity contribution in [3.63, 3.8) is 0 Å². The lowest BCUT2D eigenvalue weighted by Gasteiger charge is -2.28. The fourth-order valence-corrected chi connectivity index (χ4v) is 3.49. The van der Waals surface area contributed by atoms with E-state index in [2.05, 4.69) is 0 Å². The highest BCUT2D eigenvalue weighted by atomic mass is 16.5. The molecule has 0 aliphatic carbocycles. The third-order valence-electron chi connectivity index (χ3n) is 5.05. The summed E-state index contributed by atoms with van der Waals surface area (Å²) >= 11 is 0. The number of aryl methyl sites for hydroxylation is 2. The van der Waals surface area contributed by atoms with E-state index in [1.54, 1.807) is 35.8 Å². The molecule has 0 saturated carbocycles. The van der Waals surface area contributed by atoms with Crippen molar-refractivity contribution in [2.24, 2.45) is 7.05 Å². The van der Waals surface area contributed by atoms with Crippen LogP contribution in [0.3, 0.4) is 0 Å². The molecule has 3 heterocycles. The summed E-state index contributed by atoms with van der Waals surface area (Å²) in [5, 5.41) is 0.911. The number of carbonyl (C=O) groups excluding carboxylic acids is 1. The number of hydrogen-bond acceptors (Lipinski definition) is 4. The van der Waals surface area contributed by atoms with Crippen molar-refractivity contribution < 1.29 is 13.9 Å². The minimum absolute atomic E-state index is 0.0226. The molecule has 0 saturated heterocycles. The Bertz CT molecular complexity index is 1080. The van der Waals surface area contributed by atoms with Crippen LogP contribution in [0.4, 0.5) is 0 Å². The van der Waals surface area contributed by atoms with Gasteiger partial charge in [-0.05, 0) is 36.6 Å². The summed E-state index contributed by atoms with van der Waals surface area (Å²) in [7, 11) is 3.32. The minimum atomic E-state index is -0.128. The van der Waals surface area contributed by atoms with Gasteiger partial charge in [0.2, 0.25) is 0 Å². The first-order valence-corrected chi connectivity index (χ1v) is 8.53. The number of rotatable bonds is 2. The molecule has 6 heteroatoms. The molecule has 134 valence electrons. The van der Waals surface area contributed by atoms with Crippen molar-refractivity contribution in [3.8, 4) is 5.75 Å².